The molecular formula is C21H20Cl2N2O3. The van der Waals surface area contributed by atoms with Crippen molar-refractivity contribution in [2.75, 3.05) is 0 Å². The van der Waals surface area contributed by atoms with E-state index in [4.69, 9.17) is 28.0 Å². The lowest BCUT2D eigenvalue weighted by atomic mass is 10.2. The van der Waals surface area contributed by atoms with Crippen LogP contribution >= 0.6 is 23.2 Å². The molecule has 1 N–H and O–H groups in total. The molecule has 0 saturated carbocycles. The number of para-hydroxylation sites is 1. The monoisotopic (exact) mass is 418 g/mol. The molecule has 1 aromatic heterocycles. The third-order valence-electron chi connectivity index (χ3n) is 4.38. The van der Waals surface area contributed by atoms with Gasteiger partial charge in [0.15, 0.2) is 0 Å². The number of hydroxylamine groups is 1. The van der Waals surface area contributed by atoms with Crippen molar-refractivity contribution < 1.29 is 14.4 Å². The second kappa shape index (κ2) is 9.13. The minimum Gasteiger partial charge on any atom is -0.340 e. The second-order valence-corrected chi connectivity index (χ2v) is 7.26. The van der Waals surface area contributed by atoms with Gasteiger partial charge in [-0.25, -0.2) is 4.79 Å². The number of halogens is 2. The SMILES string of the molecule is CCCCC(=O)ONC(=O)c1cc2ccccc2n1Cc1ccc(Cl)cc1Cl. The van der Waals surface area contributed by atoms with Crippen molar-refractivity contribution in [2.45, 2.75) is 32.7 Å². The van der Waals surface area contributed by atoms with Gasteiger partial charge in [0.2, 0.25) is 0 Å². The smallest absolute Gasteiger partial charge is 0.332 e. The van der Waals surface area contributed by atoms with Gasteiger partial charge in [-0.2, -0.15) is 5.48 Å². The number of unbranched alkanes of at least 4 members (excludes halogenated alkanes) is 1. The van der Waals surface area contributed by atoms with Crippen LogP contribution in [-0.2, 0) is 16.2 Å². The van der Waals surface area contributed by atoms with E-state index in [2.05, 4.69) is 5.48 Å². The van der Waals surface area contributed by atoms with Crippen molar-refractivity contribution in [3.05, 3.63) is 69.8 Å². The van der Waals surface area contributed by atoms with Gasteiger partial charge in [-0.3, -0.25) is 4.79 Å². The van der Waals surface area contributed by atoms with Crippen LogP contribution in [0.3, 0.4) is 0 Å². The molecule has 3 aromatic rings. The lowest BCUT2D eigenvalue weighted by molar-refractivity contribution is -0.149. The van der Waals surface area contributed by atoms with Crippen molar-refractivity contribution in [2.24, 2.45) is 0 Å². The Morgan fingerprint density at radius 3 is 2.64 bits per heavy atom. The third kappa shape index (κ3) is 4.66. The average Bonchev–Trinajstić information content (AvgIpc) is 3.05. The van der Waals surface area contributed by atoms with Crippen LogP contribution in [0.5, 0.6) is 0 Å². The fraction of sp³-hybridized carbons (Fsp3) is 0.238. The summed E-state index contributed by atoms with van der Waals surface area (Å²) in [4.78, 5) is 29.3. The lowest BCUT2D eigenvalue weighted by Crippen LogP contribution is -2.29. The van der Waals surface area contributed by atoms with Crippen molar-refractivity contribution >= 4 is 46.0 Å². The molecule has 1 heterocycles. The first-order valence-electron chi connectivity index (χ1n) is 9.01. The number of hydrogen-bond acceptors (Lipinski definition) is 3. The van der Waals surface area contributed by atoms with E-state index < -0.39 is 11.9 Å². The van der Waals surface area contributed by atoms with Crippen molar-refractivity contribution in [1.82, 2.24) is 10.0 Å². The summed E-state index contributed by atoms with van der Waals surface area (Å²) in [5.74, 6) is -0.954. The van der Waals surface area contributed by atoms with Crippen LogP contribution in [0.2, 0.25) is 10.0 Å². The molecule has 2 aromatic carbocycles. The summed E-state index contributed by atoms with van der Waals surface area (Å²) in [7, 11) is 0. The van der Waals surface area contributed by atoms with E-state index in [-0.39, 0.29) is 6.42 Å². The number of hydrogen-bond donors (Lipinski definition) is 1. The highest BCUT2D eigenvalue weighted by Crippen LogP contribution is 2.26. The molecule has 0 bridgehead atoms. The van der Waals surface area contributed by atoms with E-state index in [1.165, 1.54) is 0 Å². The van der Waals surface area contributed by atoms with Gasteiger partial charge in [0.25, 0.3) is 0 Å². The summed E-state index contributed by atoms with van der Waals surface area (Å²) < 4.78 is 1.83. The predicted molar refractivity (Wildman–Crippen MR) is 111 cm³/mol. The number of carbonyl (C=O) groups is 2. The Kier molecular flexibility index (Phi) is 6.60. The first kappa shape index (κ1) is 20.2. The van der Waals surface area contributed by atoms with Crippen LogP contribution in [-0.4, -0.2) is 16.4 Å². The van der Waals surface area contributed by atoms with Gasteiger partial charge in [-0.1, -0.05) is 60.8 Å². The van der Waals surface area contributed by atoms with Gasteiger partial charge in [0.05, 0.1) is 0 Å². The molecule has 0 atom stereocenters. The molecule has 28 heavy (non-hydrogen) atoms. The maximum atomic E-state index is 12.7. The molecule has 0 aliphatic rings. The van der Waals surface area contributed by atoms with Gasteiger partial charge in [0.1, 0.15) is 5.69 Å². The molecule has 0 aliphatic heterocycles. The maximum absolute atomic E-state index is 12.7. The van der Waals surface area contributed by atoms with Crippen molar-refractivity contribution in [3.8, 4) is 0 Å². The Morgan fingerprint density at radius 2 is 1.89 bits per heavy atom. The Balaban J connectivity index is 1.88. The van der Waals surface area contributed by atoms with Gasteiger partial charge >= 0.3 is 11.9 Å². The zero-order valence-corrected chi connectivity index (χ0v) is 16.9. The van der Waals surface area contributed by atoms with Crippen LogP contribution < -0.4 is 5.48 Å². The first-order chi connectivity index (χ1) is 13.5. The van der Waals surface area contributed by atoms with E-state index in [1.54, 1.807) is 18.2 Å². The van der Waals surface area contributed by atoms with Crippen LogP contribution in [0.25, 0.3) is 10.9 Å². The number of carbonyl (C=O) groups excluding carboxylic acids is 2. The van der Waals surface area contributed by atoms with E-state index >= 15 is 0 Å². The fourth-order valence-electron chi connectivity index (χ4n) is 2.92. The maximum Gasteiger partial charge on any atom is 0.332 e. The van der Waals surface area contributed by atoms with Crippen LogP contribution in [0.4, 0.5) is 0 Å². The number of aromatic nitrogens is 1. The molecular weight excluding hydrogens is 399 g/mol. The molecule has 5 nitrogen and oxygen atoms in total. The number of benzene rings is 2. The zero-order valence-electron chi connectivity index (χ0n) is 15.4. The number of nitrogens with zero attached hydrogens (tertiary/aromatic N) is 1. The number of amides is 1. The van der Waals surface area contributed by atoms with Gasteiger partial charge in [0, 0.05) is 33.9 Å². The predicted octanol–water partition coefficient (Wildman–Crippen LogP) is 5.37. The minimum atomic E-state index is -0.494. The van der Waals surface area contributed by atoms with E-state index in [0.29, 0.717) is 28.7 Å². The number of fused-ring (bicyclic) bond motifs is 1. The highest BCUT2D eigenvalue weighted by molar-refractivity contribution is 6.35. The van der Waals surface area contributed by atoms with Crippen LogP contribution in [0.15, 0.2) is 48.5 Å². The number of nitrogens with one attached hydrogen (secondary N) is 1. The molecule has 3 rings (SSSR count). The summed E-state index contributed by atoms with van der Waals surface area (Å²) in [6.07, 6.45) is 1.85. The highest BCUT2D eigenvalue weighted by atomic mass is 35.5. The Bertz CT molecular complexity index is 1010. The van der Waals surface area contributed by atoms with E-state index in [9.17, 15) is 9.59 Å². The third-order valence-corrected chi connectivity index (χ3v) is 4.97. The molecule has 0 radical (unpaired) electrons. The summed E-state index contributed by atoms with van der Waals surface area (Å²) in [5.41, 5.74) is 4.32. The van der Waals surface area contributed by atoms with Crippen LogP contribution in [0.1, 0.15) is 42.2 Å². The zero-order chi connectivity index (χ0) is 20.1. The first-order valence-corrected chi connectivity index (χ1v) is 9.77. The minimum absolute atomic E-state index is 0.264. The van der Waals surface area contributed by atoms with Gasteiger partial charge in [-0.15, -0.1) is 0 Å². The van der Waals surface area contributed by atoms with Gasteiger partial charge < -0.3 is 9.40 Å². The van der Waals surface area contributed by atoms with Crippen molar-refractivity contribution in [1.29, 1.82) is 0 Å². The van der Waals surface area contributed by atoms with E-state index in [1.807, 2.05) is 41.8 Å². The summed E-state index contributed by atoms with van der Waals surface area (Å²) in [5, 5.41) is 1.96. The lowest BCUT2D eigenvalue weighted by Gasteiger charge is -2.12. The molecule has 0 spiro atoms. The standard InChI is InChI=1S/C21H20Cl2N2O3/c1-2-3-8-20(26)28-24-21(27)19-11-14-6-4-5-7-18(14)25(19)13-15-9-10-16(22)12-17(15)23/h4-7,9-12H,2-3,8,13H2,1H3,(H,24,27). The highest BCUT2D eigenvalue weighted by Gasteiger charge is 2.18. The molecule has 1 amide bonds. The Hall–Kier alpha value is -2.50. The van der Waals surface area contributed by atoms with Gasteiger partial charge in [-0.05, 0) is 36.2 Å². The molecule has 0 unspecified atom stereocenters. The molecule has 0 aliphatic carbocycles. The number of rotatable bonds is 6. The molecule has 0 fully saturated rings. The Morgan fingerprint density at radius 1 is 1.11 bits per heavy atom. The van der Waals surface area contributed by atoms with Crippen molar-refractivity contribution in [3.63, 3.8) is 0 Å². The van der Waals surface area contributed by atoms with E-state index in [0.717, 1.165) is 22.9 Å². The average molecular weight is 419 g/mol. The largest absolute Gasteiger partial charge is 0.340 e. The molecule has 146 valence electrons. The summed E-state index contributed by atoms with van der Waals surface area (Å²) >= 11 is 12.3. The quantitative estimate of drug-likeness (QED) is 0.546. The Labute approximate surface area is 173 Å². The van der Waals surface area contributed by atoms with Crippen LogP contribution in [0, 0.1) is 0 Å². The summed E-state index contributed by atoms with van der Waals surface area (Å²) in [6.45, 7) is 2.35. The fourth-order valence-corrected chi connectivity index (χ4v) is 3.39. The topological polar surface area (TPSA) is 60.3 Å². The molecule has 7 heteroatoms. The normalized spacial score (nSPS) is 10.8. The molecule has 0 saturated heterocycles. The second-order valence-electron chi connectivity index (χ2n) is 6.42. The summed E-state index contributed by atoms with van der Waals surface area (Å²) in [6, 6.07) is 14.6.